The second-order valence-corrected chi connectivity index (χ2v) is 8.84. The van der Waals surface area contributed by atoms with Crippen molar-refractivity contribution in [3.05, 3.63) is 47.9 Å². The largest absolute Gasteiger partial charge is 0.301 e. The Balaban J connectivity index is 1.66. The van der Waals surface area contributed by atoms with E-state index in [0.29, 0.717) is 6.04 Å². The summed E-state index contributed by atoms with van der Waals surface area (Å²) in [4.78, 5) is 26.2. The number of nitrogens with zero attached hydrogens (tertiary/aromatic N) is 5. The van der Waals surface area contributed by atoms with Gasteiger partial charge in [-0.15, -0.1) is 0 Å². The van der Waals surface area contributed by atoms with Gasteiger partial charge >= 0.3 is 0 Å². The minimum absolute atomic E-state index is 0.0727. The smallest absolute Gasteiger partial charge is 0.225 e. The van der Waals surface area contributed by atoms with Gasteiger partial charge in [0.15, 0.2) is 0 Å². The first-order valence-electron chi connectivity index (χ1n) is 9.91. The van der Waals surface area contributed by atoms with Crippen LogP contribution in [0.15, 0.2) is 36.8 Å². The van der Waals surface area contributed by atoms with E-state index < -0.39 is 0 Å². The van der Waals surface area contributed by atoms with Crippen LogP contribution in [0.25, 0.3) is 16.7 Å². The molecule has 6 heteroatoms. The summed E-state index contributed by atoms with van der Waals surface area (Å²) in [5, 5.41) is 1.16. The van der Waals surface area contributed by atoms with E-state index in [2.05, 4.69) is 46.8 Å². The summed E-state index contributed by atoms with van der Waals surface area (Å²) in [6.45, 7) is 4.83. The number of hydrogen-bond acceptors (Lipinski definition) is 4. The molecule has 6 bridgehead atoms. The number of carbonyl (C=O) groups is 1. The molecule has 2 fully saturated rings. The summed E-state index contributed by atoms with van der Waals surface area (Å²) >= 11 is 0. The van der Waals surface area contributed by atoms with Crippen molar-refractivity contribution in [1.29, 1.82) is 0 Å². The van der Waals surface area contributed by atoms with Crippen LogP contribution >= 0.6 is 0 Å². The summed E-state index contributed by atoms with van der Waals surface area (Å²) in [6.07, 6.45) is 8.16. The second-order valence-electron chi connectivity index (χ2n) is 8.84. The van der Waals surface area contributed by atoms with E-state index in [1.165, 1.54) is 11.1 Å². The van der Waals surface area contributed by atoms with Crippen molar-refractivity contribution in [2.75, 3.05) is 18.5 Å². The second kappa shape index (κ2) is 5.20. The van der Waals surface area contributed by atoms with E-state index in [9.17, 15) is 4.79 Å². The van der Waals surface area contributed by atoms with Crippen molar-refractivity contribution in [1.82, 2.24) is 19.4 Å². The maximum absolute atomic E-state index is 12.5. The number of aryl methyl sites for hydroxylation is 1. The summed E-state index contributed by atoms with van der Waals surface area (Å²) in [7, 11) is 2.20. The first-order valence-corrected chi connectivity index (χ1v) is 9.91. The molecular formula is C22H23N5O. The fraction of sp³-hybridized carbons (Fsp3) is 0.409. The number of amides is 1. The Labute approximate surface area is 163 Å². The van der Waals surface area contributed by atoms with Gasteiger partial charge in [0.05, 0.1) is 5.52 Å². The molecule has 0 radical (unpaired) electrons. The van der Waals surface area contributed by atoms with Gasteiger partial charge in [0.25, 0.3) is 0 Å². The van der Waals surface area contributed by atoms with Gasteiger partial charge in [-0.2, -0.15) is 0 Å². The average Bonchev–Trinajstić information content (AvgIpc) is 2.96. The molecule has 8 heterocycles. The summed E-state index contributed by atoms with van der Waals surface area (Å²) in [5.41, 5.74) is 3.86. The zero-order valence-electron chi connectivity index (χ0n) is 16.4. The number of pyridine rings is 2. The molecule has 3 aromatic rings. The molecule has 28 heavy (non-hydrogen) atoms. The van der Waals surface area contributed by atoms with Gasteiger partial charge in [-0.05, 0) is 50.1 Å². The van der Waals surface area contributed by atoms with Crippen molar-refractivity contribution in [3.8, 4) is 5.82 Å². The first kappa shape index (κ1) is 16.2. The predicted octanol–water partition coefficient (Wildman–Crippen LogP) is 3.23. The van der Waals surface area contributed by atoms with E-state index in [-0.39, 0.29) is 17.4 Å². The Morgan fingerprint density at radius 2 is 2.04 bits per heavy atom. The average molecular weight is 373 g/mol. The van der Waals surface area contributed by atoms with Gasteiger partial charge in [-0.25, -0.2) is 9.97 Å². The fourth-order valence-electron chi connectivity index (χ4n) is 5.94. The third kappa shape index (κ3) is 1.93. The van der Waals surface area contributed by atoms with Crippen LogP contribution in [0.4, 0.5) is 5.82 Å². The Morgan fingerprint density at radius 3 is 2.75 bits per heavy atom. The SMILES string of the molecule is CC(=O)N1c2cc3c(cn2)c(cn3-c2cc(C)ccn2)C2N(C)CC23CC1C3. The quantitative estimate of drug-likeness (QED) is 0.657. The van der Waals surface area contributed by atoms with Crippen molar-refractivity contribution in [2.24, 2.45) is 5.41 Å². The minimum atomic E-state index is 0.0727. The van der Waals surface area contributed by atoms with Crippen LogP contribution in [0.5, 0.6) is 0 Å². The topological polar surface area (TPSA) is 54.3 Å². The lowest BCUT2D eigenvalue weighted by Gasteiger charge is -2.65. The summed E-state index contributed by atoms with van der Waals surface area (Å²) in [6, 6.07) is 6.80. The maximum atomic E-state index is 12.5. The molecule has 1 aliphatic carbocycles. The molecule has 0 N–H and O–H groups in total. The molecule has 1 amide bonds. The number of hydrogen-bond donors (Lipinski definition) is 0. The van der Waals surface area contributed by atoms with Gasteiger partial charge < -0.3 is 4.57 Å². The van der Waals surface area contributed by atoms with Gasteiger partial charge in [-0.3, -0.25) is 14.6 Å². The van der Waals surface area contributed by atoms with Gasteiger partial charge in [-0.1, -0.05) is 0 Å². The minimum Gasteiger partial charge on any atom is -0.301 e. The molecule has 6 aliphatic rings. The van der Waals surface area contributed by atoms with Crippen molar-refractivity contribution in [2.45, 2.75) is 38.8 Å². The van der Waals surface area contributed by atoms with Crippen molar-refractivity contribution in [3.63, 3.8) is 0 Å². The third-order valence-electron chi connectivity index (χ3n) is 6.97. The van der Waals surface area contributed by atoms with Crippen LogP contribution in [-0.4, -0.2) is 45.0 Å². The first-order chi connectivity index (χ1) is 13.5. The monoisotopic (exact) mass is 373 g/mol. The molecule has 0 aromatic carbocycles. The lowest BCUT2D eigenvalue weighted by molar-refractivity contribution is -0.133. The third-order valence-corrected chi connectivity index (χ3v) is 6.97. The Kier molecular flexibility index (Phi) is 3.02. The molecule has 1 atom stereocenters. The van der Waals surface area contributed by atoms with Crippen LogP contribution in [0.2, 0.25) is 0 Å². The molecule has 142 valence electrons. The summed E-state index contributed by atoms with van der Waals surface area (Å²) in [5.74, 6) is 1.73. The van der Waals surface area contributed by atoms with Gasteiger partial charge in [0, 0.05) is 61.0 Å². The van der Waals surface area contributed by atoms with E-state index in [1.807, 2.05) is 23.4 Å². The normalized spacial score (nSPS) is 28.2. The zero-order chi connectivity index (χ0) is 19.2. The lowest BCUT2D eigenvalue weighted by atomic mass is 9.54. The maximum Gasteiger partial charge on any atom is 0.225 e. The lowest BCUT2D eigenvalue weighted by Crippen LogP contribution is -2.67. The standard InChI is InChI=1S/C22H23N5O/c1-13-4-5-23-19(6-13)26-11-17-16-10-24-20(7-18(16)26)27(14(2)28)15-8-22(9-15)12-25(3)21(17)22/h4-7,10-11,15,21H,8-9,12H2,1-3H3. The van der Waals surface area contributed by atoms with E-state index >= 15 is 0 Å². The van der Waals surface area contributed by atoms with Crippen LogP contribution in [0.1, 0.15) is 36.9 Å². The molecule has 5 aliphatic heterocycles. The Morgan fingerprint density at radius 1 is 1.21 bits per heavy atom. The highest BCUT2D eigenvalue weighted by Gasteiger charge is 2.61. The van der Waals surface area contributed by atoms with Crippen molar-refractivity contribution < 1.29 is 4.79 Å². The fourth-order valence-corrected chi connectivity index (χ4v) is 5.94. The van der Waals surface area contributed by atoms with E-state index in [4.69, 9.17) is 4.98 Å². The number of anilines is 1. The molecule has 1 unspecified atom stereocenters. The zero-order valence-corrected chi connectivity index (χ0v) is 16.4. The highest BCUT2D eigenvalue weighted by atomic mass is 16.2. The number of carbonyl (C=O) groups excluding carboxylic acids is 1. The van der Waals surface area contributed by atoms with Crippen LogP contribution in [-0.2, 0) is 4.79 Å². The summed E-state index contributed by atoms with van der Waals surface area (Å²) < 4.78 is 2.17. The molecule has 1 spiro atoms. The highest BCUT2D eigenvalue weighted by molar-refractivity contribution is 5.95. The number of rotatable bonds is 1. The van der Waals surface area contributed by atoms with E-state index in [0.717, 1.165) is 41.9 Å². The molecule has 1 saturated carbocycles. The number of aromatic nitrogens is 3. The van der Waals surface area contributed by atoms with Crippen LogP contribution in [0.3, 0.4) is 0 Å². The van der Waals surface area contributed by atoms with Gasteiger partial charge in [0.2, 0.25) is 5.91 Å². The highest BCUT2D eigenvalue weighted by Crippen LogP contribution is 2.62. The van der Waals surface area contributed by atoms with Gasteiger partial charge in [0.1, 0.15) is 11.6 Å². The van der Waals surface area contributed by atoms with Crippen LogP contribution < -0.4 is 4.90 Å². The molecule has 9 rings (SSSR count). The van der Waals surface area contributed by atoms with Crippen molar-refractivity contribution >= 4 is 22.6 Å². The molecule has 6 nitrogen and oxygen atoms in total. The Bertz CT molecular complexity index is 1140. The van der Waals surface area contributed by atoms with E-state index in [1.54, 1.807) is 6.92 Å². The van der Waals surface area contributed by atoms with Crippen LogP contribution in [0, 0.1) is 12.3 Å². The Hall–Kier alpha value is -2.73. The molecular weight excluding hydrogens is 350 g/mol. The number of likely N-dealkylation sites (tertiary alicyclic amines) is 1. The molecule has 1 saturated heterocycles. The molecule has 3 aromatic heterocycles. The predicted molar refractivity (Wildman–Crippen MR) is 108 cm³/mol.